The smallest absolute Gasteiger partial charge is 0.236 e. The zero-order valence-electron chi connectivity index (χ0n) is 13.4. The second-order valence-corrected chi connectivity index (χ2v) is 6.94. The number of aromatic nitrogens is 5. The Balaban J connectivity index is 1.89. The third-order valence-corrected chi connectivity index (χ3v) is 4.97. The van der Waals surface area contributed by atoms with Crippen LogP contribution in [-0.4, -0.2) is 24.8 Å². The van der Waals surface area contributed by atoms with Crippen LogP contribution in [0.3, 0.4) is 0 Å². The Morgan fingerprint density at radius 1 is 1.08 bits per heavy atom. The molecule has 0 saturated heterocycles. The van der Waals surface area contributed by atoms with Gasteiger partial charge in [-0.05, 0) is 24.6 Å². The predicted molar refractivity (Wildman–Crippen MR) is 101 cm³/mol. The van der Waals surface area contributed by atoms with Gasteiger partial charge >= 0.3 is 0 Å². The van der Waals surface area contributed by atoms with Crippen LogP contribution < -0.4 is 5.73 Å². The van der Waals surface area contributed by atoms with E-state index in [1.54, 1.807) is 4.52 Å². The molecule has 3 N–H and O–H groups in total. The highest BCUT2D eigenvalue weighted by Crippen LogP contribution is 2.38. The molecular weight excluding hydrogens is 332 g/mol. The van der Waals surface area contributed by atoms with Crippen LogP contribution >= 0.6 is 11.3 Å². The SMILES string of the molecule is Cc1ccc2[nH]c(-c3nnc4sc(N)nn34)c(-c3ccccc3)c2c1. The number of fused-ring (bicyclic) bond motifs is 2. The molecule has 0 aliphatic rings. The Bertz CT molecular complexity index is 1210. The lowest BCUT2D eigenvalue weighted by molar-refractivity contribution is 0.967. The van der Waals surface area contributed by atoms with Crippen LogP contribution in [0.2, 0.25) is 0 Å². The average molecular weight is 346 g/mol. The van der Waals surface area contributed by atoms with Gasteiger partial charge in [0.25, 0.3) is 0 Å². The number of rotatable bonds is 2. The molecule has 5 rings (SSSR count). The van der Waals surface area contributed by atoms with E-state index < -0.39 is 0 Å². The predicted octanol–water partition coefficient (Wildman–Crippen LogP) is 3.89. The van der Waals surface area contributed by atoms with Crippen molar-refractivity contribution in [1.29, 1.82) is 0 Å². The molecular formula is C18H14N6S. The minimum absolute atomic E-state index is 0.472. The van der Waals surface area contributed by atoms with Gasteiger partial charge in [-0.2, -0.15) is 4.52 Å². The van der Waals surface area contributed by atoms with Crippen molar-refractivity contribution in [2.75, 3.05) is 5.73 Å². The van der Waals surface area contributed by atoms with Crippen LogP contribution in [0.4, 0.5) is 5.13 Å². The van der Waals surface area contributed by atoms with Gasteiger partial charge in [-0.25, -0.2) is 0 Å². The molecule has 25 heavy (non-hydrogen) atoms. The summed E-state index contributed by atoms with van der Waals surface area (Å²) in [6.07, 6.45) is 0. The number of aromatic amines is 1. The second-order valence-electron chi connectivity index (χ2n) is 5.95. The molecule has 0 amide bonds. The van der Waals surface area contributed by atoms with Crippen molar-refractivity contribution >= 4 is 32.3 Å². The standard InChI is InChI=1S/C18H14N6S/c1-10-7-8-13-12(9-10)14(11-5-3-2-4-6-11)15(20-13)16-21-22-18-24(16)23-17(19)25-18/h2-9,20H,1H3,(H2,19,23). The molecule has 0 aliphatic heterocycles. The van der Waals surface area contributed by atoms with E-state index in [1.165, 1.54) is 16.9 Å². The van der Waals surface area contributed by atoms with E-state index in [-0.39, 0.29) is 0 Å². The molecule has 5 aromatic rings. The zero-order valence-corrected chi connectivity index (χ0v) is 14.2. The molecule has 122 valence electrons. The third-order valence-electron chi connectivity index (χ3n) is 4.25. The van der Waals surface area contributed by atoms with Gasteiger partial charge in [-0.15, -0.1) is 15.3 Å². The quantitative estimate of drug-likeness (QED) is 0.508. The minimum atomic E-state index is 0.472. The van der Waals surface area contributed by atoms with Crippen LogP contribution in [-0.2, 0) is 0 Å². The summed E-state index contributed by atoms with van der Waals surface area (Å²) in [4.78, 5) is 4.18. The molecule has 2 aromatic carbocycles. The summed E-state index contributed by atoms with van der Waals surface area (Å²) < 4.78 is 1.70. The molecule has 3 aromatic heterocycles. The number of nitrogen functional groups attached to an aromatic ring is 1. The number of hydrogen-bond donors (Lipinski definition) is 2. The Morgan fingerprint density at radius 2 is 1.92 bits per heavy atom. The van der Waals surface area contributed by atoms with Gasteiger partial charge in [0, 0.05) is 16.5 Å². The first-order chi connectivity index (χ1) is 12.2. The van der Waals surface area contributed by atoms with Gasteiger partial charge in [-0.1, -0.05) is 53.3 Å². The summed E-state index contributed by atoms with van der Waals surface area (Å²) in [5.74, 6) is 0.663. The summed E-state index contributed by atoms with van der Waals surface area (Å²) in [5.41, 5.74) is 11.2. The molecule has 0 bridgehead atoms. The Labute approximate surface area is 146 Å². The molecule has 0 fully saturated rings. The van der Waals surface area contributed by atoms with Crippen molar-refractivity contribution in [2.24, 2.45) is 0 Å². The second kappa shape index (κ2) is 5.15. The molecule has 0 saturated carbocycles. The van der Waals surface area contributed by atoms with E-state index in [1.807, 2.05) is 18.2 Å². The number of anilines is 1. The lowest BCUT2D eigenvalue weighted by Gasteiger charge is -2.03. The maximum atomic E-state index is 5.83. The van der Waals surface area contributed by atoms with E-state index in [9.17, 15) is 0 Å². The van der Waals surface area contributed by atoms with Gasteiger partial charge in [-0.3, -0.25) is 0 Å². The summed E-state index contributed by atoms with van der Waals surface area (Å²) in [7, 11) is 0. The maximum absolute atomic E-state index is 5.83. The summed E-state index contributed by atoms with van der Waals surface area (Å²) in [5, 5.41) is 14.5. The molecule has 0 unspecified atom stereocenters. The van der Waals surface area contributed by atoms with E-state index in [0.29, 0.717) is 15.9 Å². The number of hydrogen-bond acceptors (Lipinski definition) is 5. The van der Waals surface area contributed by atoms with E-state index >= 15 is 0 Å². The van der Waals surface area contributed by atoms with Gasteiger partial charge < -0.3 is 10.7 Å². The lowest BCUT2D eigenvalue weighted by atomic mass is 10.0. The van der Waals surface area contributed by atoms with Crippen LogP contribution in [0.25, 0.3) is 38.5 Å². The van der Waals surface area contributed by atoms with Crippen molar-refractivity contribution in [3.8, 4) is 22.6 Å². The zero-order chi connectivity index (χ0) is 17.0. The van der Waals surface area contributed by atoms with E-state index in [4.69, 9.17) is 5.73 Å². The number of nitrogens with two attached hydrogens (primary N) is 1. The first kappa shape index (κ1) is 14.2. The highest BCUT2D eigenvalue weighted by atomic mass is 32.1. The van der Waals surface area contributed by atoms with Gasteiger partial charge in [0.05, 0.1) is 5.69 Å². The van der Waals surface area contributed by atoms with Gasteiger partial charge in [0.15, 0.2) is 0 Å². The molecule has 7 heteroatoms. The molecule has 0 radical (unpaired) electrons. The fourth-order valence-corrected chi connectivity index (χ4v) is 3.77. The van der Waals surface area contributed by atoms with Crippen molar-refractivity contribution in [2.45, 2.75) is 6.92 Å². The highest BCUT2D eigenvalue weighted by Gasteiger charge is 2.21. The first-order valence-electron chi connectivity index (χ1n) is 7.86. The molecule has 0 aliphatic carbocycles. The van der Waals surface area contributed by atoms with Gasteiger partial charge in [0.2, 0.25) is 15.9 Å². The van der Waals surface area contributed by atoms with Crippen molar-refractivity contribution < 1.29 is 0 Å². The lowest BCUT2D eigenvalue weighted by Crippen LogP contribution is -1.94. The van der Waals surface area contributed by atoms with Crippen LogP contribution in [0.1, 0.15) is 5.56 Å². The largest absolute Gasteiger partial charge is 0.374 e. The van der Waals surface area contributed by atoms with Crippen molar-refractivity contribution in [3.05, 3.63) is 54.1 Å². The maximum Gasteiger partial charge on any atom is 0.236 e. The Hall–Kier alpha value is -3.19. The topological polar surface area (TPSA) is 84.9 Å². The van der Waals surface area contributed by atoms with Crippen LogP contribution in [0.5, 0.6) is 0 Å². The fraction of sp³-hybridized carbons (Fsp3) is 0.0556. The number of nitrogens with one attached hydrogen (secondary N) is 1. The molecule has 0 spiro atoms. The van der Waals surface area contributed by atoms with Gasteiger partial charge in [0.1, 0.15) is 0 Å². The minimum Gasteiger partial charge on any atom is -0.374 e. The van der Waals surface area contributed by atoms with E-state index in [2.05, 4.69) is 57.5 Å². The summed E-state index contributed by atoms with van der Waals surface area (Å²) in [6.45, 7) is 2.09. The third kappa shape index (κ3) is 2.13. The van der Waals surface area contributed by atoms with Crippen LogP contribution in [0.15, 0.2) is 48.5 Å². The summed E-state index contributed by atoms with van der Waals surface area (Å²) in [6, 6.07) is 16.7. The monoisotopic (exact) mass is 346 g/mol. The Kier molecular flexibility index (Phi) is 2.92. The molecule has 3 heterocycles. The average Bonchev–Trinajstić information content (AvgIpc) is 3.26. The highest BCUT2D eigenvalue weighted by molar-refractivity contribution is 7.20. The van der Waals surface area contributed by atoms with Crippen molar-refractivity contribution in [1.82, 2.24) is 24.8 Å². The number of benzene rings is 2. The molecule has 6 nitrogen and oxygen atoms in total. The van der Waals surface area contributed by atoms with Crippen LogP contribution in [0, 0.1) is 6.92 Å². The Morgan fingerprint density at radius 3 is 2.76 bits per heavy atom. The summed E-state index contributed by atoms with van der Waals surface area (Å²) >= 11 is 1.32. The van der Waals surface area contributed by atoms with Crippen molar-refractivity contribution in [3.63, 3.8) is 0 Å². The first-order valence-corrected chi connectivity index (χ1v) is 8.68. The fourth-order valence-electron chi connectivity index (χ4n) is 3.17. The normalized spacial score (nSPS) is 11.6. The molecule has 0 atom stereocenters. The van der Waals surface area contributed by atoms with E-state index in [0.717, 1.165) is 27.7 Å². The number of nitrogens with zero attached hydrogens (tertiary/aromatic N) is 4. The number of aryl methyl sites for hydroxylation is 1. The number of H-pyrrole nitrogens is 1.